The Morgan fingerprint density at radius 1 is 0.672 bits per heavy atom. The van der Waals surface area contributed by atoms with Gasteiger partial charge in [-0.3, -0.25) is 14.4 Å². The monoisotopic (exact) mass is 820 g/mol. The van der Waals surface area contributed by atoms with Gasteiger partial charge in [0.2, 0.25) is 0 Å². The van der Waals surface area contributed by atoms with E-state index in [1.165, 1.54) is 0 Å². The quantitative estimate of drug-likeness (QED) is 0.0219. The van der Waals surface area contributed by atoms with Crippen molar-refractivity contribution in [3.05, 3.63) is 56.4 Å². The van der Waals surface area contributed by atoms with Crippen LogP contribution in [0.25, 0.3) is 0 Å². The number of carboxylic acid groups (broad SMARTS) is 6. The number of unbranched alkanes of at least 4 members (excludes halogenated alkanes) is 1. The van der Waals surface area contributed by atoms with Crippen molar-refractivity contribution in [2.24, 2.45) is 5.92 Å². The standard InChI is InChI=1S/C31H39N7O14.3CO/c39-19(4-5-20(28(48)49)32-30(52)33-21(29(50)51)6-7-24(40)41)13-18(27(46)47)3-1-2-12-38-16-22-34(14-25(42)43)8-10-36(22)31(38)37-11-9-35(15-26(44)45)23(37)17-38;3*1-2/h8-11,18,20-21,31H,1-7,12-17H2,(H5-3,32,33,40,41,42,43,44,45,46,47,48,49,50,51,52);;;/p+3/t18-,20+,21+,31?,38?;;;/m1.../s1. The van der Waals surface area contributed by atoms with E-state index in [2.05, 4.69) is 20.0 Å². The van der Waals surface area contributed by atoms with Crippen molar-refractivity contribution < 1.29 is 96.6 Å². The predicted octanol–water partition coefficient (Wildman–Crippen LogP) is -1.55. The number of carboxylic acids is 6. The summed E-state index contributed by atoms with van der Waals surface area (Å²) in [6, 6.07) is -4.42. The Kier molecular flexibility index (Phi) is 20.0. The van der Waals surface area contributed by atoms with E-state index in [9.17, 15) is 63.9 Å². The third-order valence-electron chi connectivity index (χ3n) is 9.38. The van der Waals surface area contributed by atoms with Crippen LogP contribution in [0.5, 0.6) is 0 Å². The first-order valence-corrected chi connectivity index (χ1v) is 17.1. The normalized spacial score (nSPS) is 16.8. The molecule has 0 fully saturated rings. The van der Waals surface area contributed by atoms with E-state index in [1.807, 2.05) is 19.8 Å². The summed E-state index contributed by atoms with van der Waals surface area (Å²) in [6.45, 7) is 14.4. The van der Waals surface area contributed by atoms with E-state index in [0.29, 0.717) is 37.0 Å². The van der Waals surface area contributed by atoms with Gasteiger partial charge in [-0.2, -0.15) is 0 Å². The molecule has 2 aliphatic heterocycles. The third-order valence-corrected chi connectivity index (χ3v) is 9.38. The first-order chi connectivity index (χ1) is 27.5. The molecule has 2 aromatic heterocycles. The second kappa shape index (κ2) is 23.4. The van der Waals surface area contributed by atoms with Crippen LogP contribution >= 0.6 is 0 Å². The van der Waals surface area contributed by atoms with Gasteiger partial charge >= 0.3 is 93.7 Å². The minimum absolute atomic E-state index is 0.123. The SMILES string of the molecule is O=C(O)CC[C@H](NC(=O)N[C@@H](CCC(=O)C[C@@H](CCCC[N+]12Cc3n(cc[n+]3CC(=O)O)C1n1cc[n+](CC(=O)O)c1C2)C(=O)O)C(=O)O)C(=O)O.[C-]#[O+].[C-]#[O+].[C-]#[O+]. The van der Waals surface area contributed by atoms with Crippen LogP contribution in [0.1, 0.15) is 69.3 Å². The number of fused-ring (bicyclic) bond motifs is 5. The Balaban J connectivity index is 0.00000267. The fourth-order valence-electron chi connectivity index (χ4n) is 6.96. The van der Waals surface area contributed by atoms with Gasteiger partial charge in [-0.05, 0) is 32.1 Å². The summed E-state index contributed by atoms with van der Waals surface area (Å²) in [5.41, 5.74) is 0. The molecule has 0 bridgehead atoms. The minimum atomic E-state index is -1.62. The van der Waals surface area contributed by atoms with Crippen LogP contribution in [0.3, 0.4) is 0 Å². The van der Waals surface area contributed by atoms with Crippen LogP contribution in [0, 0.1) is 25.9 Å². The molecule has 2 amide bonds. The van der Waals surface area contributed by atoms with E-state index >= 15 is 0 Å². The number of carbonyl (C=O) groups excluding carboxylic acids is 2. The Hall–Kier alpha value is -6.64. The summed E-state index contributed by atoms with van der Waals surface area (Å²) in [5.74, 6) is -7.67. The number of nitrogens with zero attached hydrogens (tertiary/aromatic N) is 5. The van der Waals surface area contributed by atoms with Crippen molar-refractivity contribution in [2.45, 2.75) is 95.9 Å². The molecule has 0 spiro atoms. The number of amides is 2. The van der Waals surface area contributed by atoms with Gasteiger partial charge in [0, 0.05) is 19.3 Å². The molecule has 4 heterocycles. The van der Waals surface area contributed by atoms with Crippen LogP contribution in [0.2, 0.25) is 0 Å². The number of aliphatic carboxylic acids is 6. The van der Waals surface area contributed by atoms with Crippen molar-refractivity contribution in [3.8, 4) is 0 Å². The number of carbonyl (C=O) groups is 8. The molecule has 0 saturated carbocycles. The van der Waals surface area contributed by atoms with Crippen molar-refractivity contribution in [1.82, 2.24) is 19.8 Å². The average molecular weight is 821 g/mol. The number of nitrogens with one attached hydrogen (secondary N) is 2. The van der Waals surface area contributed by atoms with Crippen LogP contribution in [0.15, 0.2) is 24.8 Å². The second-order valence-corrected chi connectivity index (χ2v) is 13.0. The molecule has 0 unspecified atom stereocenters. The molecule has 2 aromatic rings. The number of imidazole rings is 2. The zero-order chi connectivity index (χ0) is 44.3. The summed E-state index contributed by atoms with van der Waals surface area (Å²) in [5, 5.41) is 60.2. The van der Waals surface area contributed by atoms with E-state index in [-0.39, 0.29) is 25.8 Å². The van der Waals surface area contributed by atoms with E-state index in [4.69, 9.17) is 19.1 Å². The number of rotatable bonds is 22. The van der Waals surface area contributed by atoms with Crippen LogP contribution in [-0.2, 0) is 73.7 Å². The summed E-state index contributed by atoms with van der Waals surface area (Å²) in [4.78, 5) is 93.9. The van der Waals surface area contributed by atoms with Crippen molar-refractivity contribution >= 4 is 47.6 Å². The molecule has 0 aromatic carbocycles. The maximum absolute atomic E-state index is 12.8. The molecule has 58 heavy (non-hydrogen) atoms. The molecule has 24 heteroatoms. The van der Waals surface area contributed by atoms with Gasteiger partial charge < -0.3 is 41.3 Å². The van der Waals surface area contributed by atoms with E-state index in [1.54, 1.807) is 33.9 Å². The first-order valence-electron chi connectivity index (χ1n) is 17.1. The molecular weight excluding hydrogens is 778 g/mol. The number of ketones is 1. The molecular formula is C34H42N7O17+3. The number of hydrogen-bond donors (Lipinski definition) is 8. The van der Waals surface area contributed by atoms with Gasteiger partial charge in [-0.15, -0.1) is 9.13 Å². The first kappa shape index (κ1) is 49.4. The summed E-state index contributed by atoms with van der Waals surface area (Å²) in [6.07, 6.45) is 5.46. The molecule has 0 aliphatic carbocycles. The van der Waals surface area contributed by atoms with E-state index in [0.717, 1.165) is 11.6 Å². The van der Waals surface area contributed by atoms with Gasteiger partial charge in [0.15, 0.2) is 26.2 Å². The average Bonchev–Trinajstić information content (AvgIpc) is 3.89. The number of quaternary nitrogens is 1. The zero-order valence-electron chi connectivity index (χ0n) is 30.7. The van der Waals surface area contributed by atoms with Crippen molar-refractivity contribution in [3.63, 3.8) is 0 Å². The third kappa shape index (κ3) is 13.2. The predicted molar refractivity (Wildman–Crippen MR) is 179 cm³/mol. The van der Waals surface area contributed by atoms with Gasteiger partial charge in [0.05, 0.1) is 12.5 Å². The molecule has 0 radical (unpaired) electrons. The number of Topliss-reactive ketones (excluding diaryl/α,β-unsaturated/α-hetero) is 1. The topological polar surface area (TPSA) is 359 Å². The van der Waals surface area contributed by atoms with Gasteiger partial charge in [-0.25, -0.2) is 37.6 Å². The van der Waals surface area contributed by atoms with Crippen LogP contribution < -0.4 is 19.8 Å². The molecule has 3 atom stereocenters. The zero-order valence-corrected chi connectivity index (χ0v) is 30.7. The molecule has 24 nitrogen and oxygen atoms in total. The number of hydrogen-bond acceptors (Lipinski definition) is 8. The maximum atomic E-state index is 12.8. The summed E-state index contributed by atoms with van der Waals surface area (Å²) in [7, 11) is 0. The van der Waals surface area contributed by atoms with E-state index < -0.39 is 97.7 Å². The Morgan fingerprint density at radius 3 is 1.52 bits per heavy atom. The number of aromatic nitrogens is 4. The molecule has 2 aliphatic rings. The molecule has 312 valence electrons. The van der Waals surface area contributed by atoms with Crippen LogP contribution in [-0.4, -0.2) is 111 Å². The fourth-order valence-corrected chi connectivity index (χ4v) is 6.96. The van der Waals surface area contributed by atoms with Gasteiger partial charge in [0.25, 0.3) is 0 Å². The fraction of sp³-hybridized carbons (Fsp3) is 0.500. The molecule has 0 saturated heterocycles. The Morgan fingerprint density at radius 2 is 1.12 bits per heavy atom. The number of urea groups is 1. The summed E-state index contributed by atoms with van der Waals surface area (Å²) < 4.78 is 30.2. The van der Waals surface area contributed by atoms with Gasteiger partial charge in [-0.1, -0.05) is 0 Å². The Labute approximate surface area is 328 Å². The molecule has 8 N–H and O–H groups in total. The second-order valence-electron chi connectivity index (χ2n) is 13.0. The molecule has 4 rings (SSSR count). The van der Waals surface area contributed by atoms with Crippen molar-refractivity contribution in [2.75, 3.05) is 6.54 Å². The van der Waals surface area contributed by atoms with Crippen molar-refractivity contribution in [1.29, 1.82) is 0 Å². The van der Waals surface area contributed by atoms with Gasteiger partial charge in [0.1, 0.15) is 42.7 Å². The Bertz CT molecular complexity index is 1820. The summed E-state index contributed by atoms with van der Waals surface area (Å²) >= 11 is 0. The van der Waals surface area contributed by atoms with Crippen LogP contribution in [0.4, 0.5) is 4.79 Å².